The smallest absolute Gasteiger partial charge is 0.0523 e. The molecule has 0 aliphatic carbocycles. The maximum atomic E-state index is 2.40. The van der Waals surface area contributed by atoms with Crippen molar-refractivity contribution < 1.29 is 0 Å². The first-order valence-corrected chi connectivity index (χ1v) is 13.5. The second kappa shape index (κ2) is 12.0. The van der Waals surface area contributed by atoms with Crippen LogP contribution in [0.2, 0.25) is 0 Å². The molecule has 0 spiro atoms. The van der Waals surface area contributed by atoms with Gasteiger partial charge in [0.05, 0.1) is 9.40 Å². The van der Waals surface area contributed by atoms with E-state index in [-0.39, 0.29) is 0 Å². The molecule has 28 heavy (non-hydrogen) atoms. The molecule has 0 aliphatic heterocycles. The summed E-state index contributed by atoms with van der Waals surface area (Å²) in [6.45, 7) is 4.61. The lowest BCUT2D eigenvalue weighted by molar-refractivity contribution is 0.600. The highest BCUT2D eigenvalue weighted by Crippen LogP contribution is 2.40. The zero-order valence-electron chi connectivity index (χ0n) is 18.0. The van der Waals surface area contributed by atoms with E-state index < -0.39 is 0 Å². The maximum absolute atomic E-state index is 2.40. The number of unbranched alkanes of at least 4 members (excludes halogenated alkanes) is 10. The lowest BCUT2D eigenvalue weighted by Gasteiger charge is -2.14. The van der Waals surface area contributed by atoms with Crippen LogP contribution in [-0.2, 0) is 12.8 Å². The first-order chi connectivity index (χ1) is 13.9. The summed E-state index contributed by atoms with van der Waals surface area (Å²) in [5.41, 5.74) is 3.37. The fraction of sp³-hybridized carbons (Fsp3) is 0.615. The summed E-state index contributed by atoms with van der Waals surface area (Å²) in [5.74, 6) is 0. The molecule has 0 amide bonds. The number of fused-ring (bicyclic) bond motifs is 3. The van der Waals surface area contributed by atoms with Gasteiger partial charge < -0.3 is 0 Å². The Hall–Kier alpha value is -0.860. The van der Waals surface area contributed by atoms with E-state index in [2.05, 4.69) is 36.7 Å². The van der Waals surface area contributed by atoms with Gasteiger partial charge in [0.15, 0.2) is 0 Å². The van der Waals surface area contributed by atoms with Crippen LogP contribution in [0.25, 0.3) is 20.2 Å². The monoisotopic (exact) mass is 414 g/mol. The van der Waals surface area contributed by atoms with E-state index >= 15 is 0 Å². The molecule has 0 bridgehead atoms. The van der Waals surface area contributed by atoms with Gasteiger partial charge in [-0.3, -0.25) is 0 Å². The highest BCUT2D eigenvalue weighted by molar-refractivity contribution is 7.25. The molecular formula is C26H38S2. The van der Waals surface area contributed by atoms with Gasteiger partial charge in [-0.05, 0) is 70.5 Å². The van der Waals surface area contributed by atoms with Gasteiger partial charge in [-0.1, -0.05) is 78.1 Å². The summed E-state index contributed by atoms with van der Waals surface area (Å²) >= 11 is 3.88. The molecule has 0 radical (unpaired) electrons. The lowest BCUT2D eigenvalue weighted by atomic mass is 9.91. The molecular weight excluding hydrogens is 376 g/mol. The molecule has 154 valence electrons. The quantitative estimate of drug-likeness (QED) is 0.230. The van der Waals surface area contributed by atoms with Crippen molar-refractivity contribution in [3.63, 3.8) is 0 Å². The largest absolute Gasteiger partial charge is 0.142 e. The van der Waals surface area contributed by atoms with Crippen molar-refractivity contribution in [2.75, 3.05) is 0 Å². The normalized spacial score (nSPS) is 11.8. The van der Waals surface area contributed by atoms with Crippen molar-refractivity contribution in [2.45, 2.75) is 104 Å². The van der Waals surface area contributed by atoms with E-state index in [1.54, 1.807) is 21.9 Å². The molecule has 0 nitrogen and oxygen atoms in total. The van der Waals surface area contributed by atoms with E-state index in [4.69, 9.17) is 0 Å². The van der Waals surface area contributed by atoms with Crippen molar-refractivity contribution in [3.05, 3.63) is 34.0 Å². The van der Waals surface area contributed by atoms with E-state index in [1.165, 1.54) is 99.3 Å². The average Bonchev–Trinajstić information content (AvgIpc) is 3.37. The van der Waals surface area contributed by atoms with Gasteiger partial charge in [0, 0.05) is 0 Å². The van der Waals surface area contributed by atoms with Gasteiger partial charge in [0.25, 0.3) is 0 Å². The second-order valence-electron chi connectivity index (χ2n) is 8.32. The molecule has 0 atom stereocenters. The zero-order valence-corrected chi connectivity index (χ0v) is 19.7. The molecule has 3 aromatic rings. The lowest BCUT2D eigenvalue weighted by Crippen LogP contribution is -1.98. The van der Waals surface area contributed by atoms with E-state index in [0.717, 1.165) is 0 Å². The van der Waals surface area contributed by atoms with Crippen LogP contribution < -0.4 is 0 Å². The Bertz CT molecular complexity index is 754. The first kappa shape index (κ1) is 21.8. The van der Waals surface area contributed by atoms with Crippen LogP contribution in [0.1, 0.15) is 102 Å². The average molecular weight is 415 g/mol. The molecule has 0 aliphatic rings. The number of rotatable bonds is 14. The summed E-state index contributed by atoms with van der Waals surface area (Å²) in [4.78, 5) is 0. The summed E-state index contributed by atoms with van der Waals surface area (Å²) in [5, 5.41) is 7.75. The minimum absolute atomic E-state index is 1.27. The highest BCUT2D eigenvalue weighted by atomic mass is 32.1. The Morgan fingerprint density at radius 3 is 1.36 bits per heavy atom. The Morgan fingerprint density at radius 2 is 0.929 bits per heavy atom. The number of thiophene rings is 2. The van der Waals surface area contributed by atoms with Crippen LogP contribution in [0, 0.1) is 0 Å². The molecule has 0 saturated heterocycles. The van der Waals surface area contributed by atoms with Crippen LogP contribution in [0.3, 0.4) is 0 Å². The van der Waals surface area contributed by atoms with Crippen molar-refractivity contribution in [1.29, 1.82) is 0 Å². The molecule has 0 saturated carbocycles. The van der Waals surface area contributed by atoms with Gasteiger partial charge >= 0.3 is 0 Å². The van der Waals surface area contributed by atoms with Crippen LogP contribution in [0.5, 0.6) is 0 Å². The third-order valence-electron chi connectivity index (χ3n) is 6.11. The fourth-order valence-corrected chi connectivity index (χ4v) is 6.55. The minimum Gasteiger partial charge on any atom is -0.142 e. The number of hydrogen-bond donors (Lipinski definition) is 0. The zero-order chi connectivity index (χ0) is 19.6. The van der Waals surface area contributed by atoms with E-state index in [9.17, 15) is 0 Å². The Balaban J connectivity index is 1.73. The Kier molecular flexibility index (Phi) is 9.34. The van der Waals surface area contributed by atoms with Crippen LogP contribution in [0.15, 0.2) is 22.9 Å². The van der Waals surface area contributed by atoms with Crippen LogP contribution in [-0.4, -0.2) is 0 Å². The van der Waals surface area contributed by atoms with Crippen molar-refractivity contribution in [3.8, 4) is 0 Å². The fourth-order valence-electron chi connectivity index (χ4n) is 4.51. The van der Waals surface area contributed by atoms with Gasteiger partial charge in [-0.15, -0.1) is 22.7 Å². The van der Waals surface area contributed by atoms with Crippen molar-refractivity contribution >= 4 is 42.8 Å². The van der Waals surface area contributed by atoms with Gasteiger partial charge in [-0.2, -0.15) is 0 Å². The first-order valence-electron chi connectivity index (χ1n) is 11.7. The molecule has 0 N–H and O–H groups in total. The van der Waals surface area contributed by atoms with Crippen LogP contribution in [0.4, 0.5) is 0 Å². The Morgan fingerprint density at radius 1 is 0.536 bits per heavy atom. The predicted octanol–water partition coefficient (Wildman–Crippen LogP) is 9.92. The molecule has 0 unspecified atom stereocenters. The number of aryl methyl sites for hydroxylation is 2. The molecule has 2 heterocycles. The standard InChI is InChI=1S/C26H38S2/c1-3-5-7-9-11-13-15-21-22(16-14-12-10-8-6-4-2)24-18-20-28-26(24)25-23(21)17-19-27-25/h17-20H,3-16H2,1-2H3. The number of hydrogen-bond acceptors (Lipinski definition) is 2. The van der Waals surface area contributed by atoms with Gasteiger partial charge in [0.1, 0.15) is 0 Å². The maximum Gasteiger partial charge on any atom is 0.0523 e. The molecule has 0 fully saturated rings. The summed E-state index contributed by atoms with van der Waals surface area (Å²) in [7, 11) is 0. The number of benzene rings is 1. The highest BCUT2D eigenvalue weighted by Gasteiger charge is 2.15. The molecule has 2 aromatic heterocycles. The predicted molar refractivity (Wildman–Crippen MR) is 131 cm³/mol. The summed E-state index contributed by atoms with van der Waals surface area (Å²) in [6.07, 6.45) is 19.2. The third-order valence-corrected chi connectivity index (χ3v) is 8.10. The molecule has 2 heteroatoms. The van der Waals surface area contributed by atoms with E-state index in [1.807, 2.05) is 22.7 Å². The Labute approximate surface area is 180 Å². The van der Waals surface area contributed by atoms with Gasteiger partial charge in [0.2, 0.25) is 0 Å². The molecule has 3 rings (SSSR count). The van der Waals surface area contributed by atoms with Crippen LogP contribution >= 0.6 is 22.7 Å². The SMILES string of the molecule is CCCCCCCCc1c(CCCCCCCC)c2ccsc2c2sccc12. The van der Waals surface area contributed by atoms with Crippen molar-refractivity contribution in [2.24, 2.45) is 0 Å². The van der Waals surface area contributed by atoms with E-state index in [0.29, 0.717) is 0 Å². The second-order valence-corrected chi connectivity index (χ2v) is 10.2. The van der Waals surface area contributed by atoms with Gasteiger partial charge in [-0.25, -0.2) is 0 Å². The topological polar surface area (TPSA) is 0 Å². The summed E-state index contributed by atoms with van der Waals surface area (Å²) < 4.78 is 3.08. The van der Waals surface area contributed by atoms with Crippen molar-refractivity contribution in [1.82, 2.24) is 0 Å². The minimum atomic E-state index is 1.27. The summed E-state index contributed by atoms with van der Waals surface area (Å²) in [6, 6.07) is 4.80. The third kappa shape index (κ3) is 5.60. The molecule has 1 aromatic carbocycles.